The molecule has 4 heteroatoms. The van der Waals surface area contributed by atoms with Crippen LogP contribution in [0.15, 0.2) is 18.3 Å². The van der Waals surface area contributed by atoms with Crippen LogP contribution in [0.5, 0.6) is 11.6 Å². The van der Waals surface area contributed by atoms with Crippen molar-refractivity contribution in [2.45, 2.75) is 0 Å². The summed E-state index contributed by atoms with van der Waals surface area (Å²) in [7, 11) is 0. The number of pyridine rings is 1. The summed E-state index contributed by atoms with van der Waals surface area (Å²) in [6.45, 7) is 0. The maximum absolute atomic E-state index is 9.01. The number of aromatic nitrogens is 2. The van der Waals surface area contributed by atoms with Gasteiger partial charge in [-0.15, -0.1) is 0 Å². The van der Waals surface area contributed by atoms with E-state index in [-0.39, 0.29) is 11.6 Å². The van der Waals surface area contributed by atoms with Crippen LogP contribution in [0.25, 0.3) is 11.0 Å². The largest absolute Gasteiger partial charge is 0.503 e. The van der Waals surface area contributed by atoms with Gasteiger partial charge in [-0.05, 0) is 12.1 Å². The van der Waals surface area contributed by atoms with Crippen LogP contribution in [0.1, 0.15) is 0 Å². The van der Waals surface area contributed by atoms with Gasteiger partial charge in [-0.1, -0.05) is 0 Å². The first-order valence-corrected chi connectivity index (χ1v) is 3.13. The van der Waals surface area contributed by atoms with Gasteiger partial charge >= 0.3 is 0 Å². The van der Waals surface area contributed by atoms with Gasteiger partial charge < -0.3 is 15.2 Å². The second-order valence-electron chi connectivity index (χ2n) is 2.25. The number of nitrogens with one attached hydrogen (secondary N) is 1. The van der Waals surface area contributed by atoms with E-state index in [1.54, 1.807) is 12.3 Å². The summed E-state index contributed by atoms with van der Waals surface area (Å²) in [5.74, 6) is -0.544. The van der Waals surface area contributed by atoms with E-state index >= 15 is 0 Å². The van der Waals surface area contributed by atoms with Crippen LogP contribution < -0.4 is 0 Å². The Hall–Kier alpha value is -1.71. The molecule has 0 radical (unpaired) electrons. The molecule has 0 unspecified atom stereocenters. The van der Waals surface area contributed by atoms with E-state index in [0.717, 1.165) is 5.39 Å². The summed E-state index contributed by atoms with van der Waals surface area (Å²) in [6.07, 6.45) is 1.69. The van der Waals surface area contributed by atoms with Gasteiger partial charge in [0.1, 0.15) is 5.65 Å². The van der Waals surface area contributed by atoms with Crippen LogP contribution in [0, 0.1) is 0 Å². The summed E-state index contributed by atoms with van der Waals surface area (Å²) in [5, 5.41) is 18.7. The number of hydrogen-bond acceptors (Lipinski definition) is 3. The Kier molecular flexibility index (Phi) is 1.03. The van der Waals surface area contributed by atoms with Crippen molar-refractivity contribution in [1.29, 1.82) is 0 Å². The summed E-state index contributed by atoms with van der Waals surface area (Å²) in [6, 6.07) is 3.22. The van der Waals surface area contributed by atoms with E-state index in [0.29, 0.717) is 5.65 Å². The molecule has 3 N–H and O–H groups in total. The van der Waals surface area contributed by atoms with E-state index in [2.05, 4.69) is 9.97 Å². The SMILES string of the molecule is Oc1cc2cc[nH]c2nc1O. The van der Waals surface area contributed by atoms with Crippen LogP contribution in [0.3, 0.4) is 0 Å². The van der Waals surface area contributed by atoms with Crippen molar-refractivity contribution in [1.82, 2.24) is 9.97 Å². The number of H-pyrrole nitrogens is 1. The fourth-order valence-corrected chi connectivity index (χ4v) is 0.961. The number of hydrogen-bond donors (Lipinski definition) is 3. The molecule has 0 bridgehead atoms. The summed E-state index contributed by atoms with van der Waals surface area (Å²) in [5.41, 5.74) is 0.570. The van der Waals surface area contributed by atoms with Crippen molar-refractivity contribution in [3.8, 4) is 11.6 Å². The highest BCUT2D eigenvalue weighted by Crippen LogP contribution is 2.25. The van der Waals surface area contributed by atoms with E-state index < -0.39 is 0 Å². The molecule has 2 aromatic rings. The molecule has 0 atom stereocenters. The first kappa shape index (κ1) is 6.03. The lowest BCUT2D eigenvalue weighted by Gasteiger charge is -1.94. The van der Waals surface area contributed by atoms with Crippen LogP contribution in [-0.4, -0.2) is 20.2 Å². The Morgan fingerprint density at radius 3 is 3.00 bits per heavy atom. The predicted molar refractivity (Wildman–Crippen MR) is 39.4 cm³/mol. The fraction of sp³-hybridized carbons (Fsp3) is 0. The molecule has 0 aliphatic rings. The van der Waals surface area contributed by atoms with Crippen LogP contribution in [0.2, 0.25) is 0 Å². The predicted octanol–water partition coefficient (Wildman–Crippen LogP) is 0.974. The Labute approximate surface area is 62.1 Å². The standard InChI is InChI=1S/C7H6N2O2/c10-5-3-4-1-2-8-6(4)9-7(5)11/h1-3,10H,(H2,8,9,11). The zero-order valence-corrected chi connectivity index (χ0v) is 5.57. The maximum Gasteiger partial charge on any atom is 0.256 e. The van der Waals surface area contributed by atoms with Gasteiger partial charge in [0.25, 0.3) is 5.88 Å². The minimum atomic E-state index is -0.347. The zero-order valence-electron chi connectivity index (χ0n) is 5.57. The average molecular weight is 150 g/mol. The summed E-state index contributed by atoms with van der Waals surface area (Å²) in [4.78, 5) is 6.49. The van der Waals surface area contributed by atoms with Gasteiger partial charge in [0.2, 0.25) is 0 Å². The third-order valence-electron chi connectivity index (χ3n) is 1.50. The van der Waals surface area contributed by atoms with Gasteiger partial charge in [0.05, 0.1) is 0 Å². The smallest absolute Gasteiger partial charge is 0.256 e. The van der Waals surface area contributed by atoms with E-state index in [4.69, 9.17) is 10.2 Å². The van der Waals surface area contributed by atoms with Gasteiger partial charge in [0.15, 0.2) is 5.75 Å². The van der Waals surface area contributed by atoms with Gasteiger partial charge in [-0.25, -0.2) is 0 Å². The molecule has 0 saturated carbocycles. The molecule has 0 saturated heterocycles. The average Bonchev–Trinajstić information content (AvgIpc) is 2.36. The Bertz CT molecular complexity index is 358. The highest BCUT2D eigenvalue weighted by Gasteiger charge is 2.02. The molecule has 4 nitrogen and oxygen atoms in total. The number of aromatic hydroxyl groups is 2. The highest BCUT2D eigenvalue weighted by atomic mass is 16.3. The normalized spacial score (nSPS) is 10.5. The van der Waals surface area contributed by atoms with E-state index in [9.17, 15) is 0 Å². The molecule has 0 spiro atoms. The first-order chi connectivity index (χ1) is 5.27. The molecule has 2 aromatic heterocycles. The molecule has 0 aliphatic carbocycles. The third-order valence-corrected chi connectivity index (χ3v) is 1.50. The topological polar surface area (TPSA) is 69.1 Å². The number of aromatic amines is 1. The molecular formula is C7H6N2O2. The van der Waals surface area contributed by atoms with Crippen LogP contribution in [0.4, 0.5) is 0 Å². The van der Waals surface area contributed by atoms with Gasteiger partial charge in [-0.2, -0.15) is 4.98 Å². The van der Waals surface area contributed by atoms with Crippen molar-refractivity contribution < 1.29 is 10.2 Å². The molecule has 0 fully saturated rings. The zero-order chi connectivity index (χ0) is 7.84. The maximum atomic E-state index is 9.01. The number of rotatable bonds is 0. The summed E-state index contributed by atoms with van der Waals surface area (Å²) >= 11 is 0. The Balaban J connectivity index is 2.86. The van der Waals surface area contributed by atoms with E-state index in [1.807, 2.05) is 0 Å². The Morgan fingerprint density at radius 1 is 1.36 bits per heavy atom. The van der Waals surface area contributed by atoms with Crippen molar-refractivity contribution in [3.63, 3.8) is 0 Å². The lowest BCUT2D eigenvalue weighted by molar-refractivity contribution is 0.391. The number of fused-ring (bicyclic) bond motifs is 1. The molecule has 0 aromatic carbocycles. The lowest BCUT2D eigenvalue weighted by atomic mass is 10.3. The quantitative estimate of drug-likeness (QED) is 0.524. The number of nitrogens with zero attached hydrogens (tertiary/aromatic N) is 1. The molecule has 56 valence electrons. The van der Waals surface area contributed by atoms with Gasteiger partial charge in [-0.3, -0.25) is 0 Å². The van der Waals surface area contributed by atoms with Crippen LogP contribution in [-0.2, 0) is 0 Å². The summed E-state index contributed by atoms with van der Waals surface area (Å²) < 4.78 is 0. The lowest BCUT2D eigenvalue weighted by Crippen LogP contribution is -1.77. The van der Waals surface area contributed by atoms with Crippen molar-refractivity contribution >= 4 is 11.0 Å². The van der Waals surface area contributed by atoms with Crippen molar-refractivity contribution in [3.05, 3.63) is 18.3 Å². The molecule has 2 heterocycles. The second kappa shape index (κ2) is 1.88. The van der Waals surface area contributed by atoms with Crippen LogP contribution >= 0.6 is 0 Å². The van der Waals surface area contributed by atoms with Crippen molar-refractivity contribution in [2.75, 3.05) is 0 Å². The first-order valence-electron chi connectivity index (χ1n) is 3.13. The Morgan fingerprint density at radius 2 is 2.18 bits per heavy atom. The molecule has 0 aliphatic heterocycles. The molecule has 11 heavy (non-hydrogen) atoms. The molecule has 2 rings (SSSR count). The third kappa shape index (κ3) is 0.797. The minimum Gasteiger partial charge on any atom is -0.503 e. The van der Waals surface area contributed by atoms with E-state index in [1.165, 1.54) is 6.07 Å². The van der Waals surface area contributed by atoms with Crippen molar-refractivity contribution in [2.24, 2.45) is 0 Å². The minimum absolute atomic E-state index is 0.197. The molecule has 0 amide bonds. The monoisotopic (exact) mass is 150 g/mol. The molecular weight excluding hydrogens is 144 g/mol. The highest BCUT2D eigenvalue weighted by molar-refractivity contribution is 5.77. The van der Waals surface area contributed by atoms with Gasteiger partial charge in [0, 0.05) is 11.6 Å². The second-order valence-corrected chi connectivity index (χ2v) is 2.25. The fourth-order valence-electron chi connectivity index (χ4n) is 0.961.